The van der Waals surface area contributed by atoms with E-state index in [1.807, 2.05) is 24.3 Å². The zero-order valence-corrected chi connectivity index (χ0v) is 17.1. The zero-order valence-electron chi connectivity index (χ0n) is 16.3. The Morgan fingerprint density at radius 2 is 1.97 bits per heavy atom. The van der Waals surface area contributed by atoms with Crippen LogP contribution in [0.2, 0.25) is 0 Å². The molecule has 0 saturated carbocycles. The minimum atomic E-state index is -0.267. The number of methoxy groups -OCH3 is 1. The minimum absolute atomic E-state index is 0. The molecule has 1 aliphatic rings. The third-order valence-corrected chi connectivity index (χ3v) is 4.94. The number of urea groups is 1. The van der Waals surface area contributed by atoms with Crippen LogP contribution in [-0.4, -0.2) is 64.4 Å². The number of ether oxygens (including phenoxy) is 1. The Bertz CT molecular complexity index is 968. The molecule has 4 rings (SSSR count). The van der Waals surface area contributed by atoms with Crippen LogP contribution in [0.4, 0.5) is 10.6 Å². The van der Waals surface area contributed by atoms with E-state index in [1.54, 1.807) is 13.3 Å². The number of H-pyrrole nitrogens is 1. The van der Waals surface area contributed by atoms with Gasteiger partial charge in [-0.2, -0.15) is 5.10 Å². The fourth-order valence-corrected chi connectivity index (χ4v) is 3.27. The number of benzene rings is 1. The van der Waals surface area contributed by atoms with Gasteiger partial charge in [-0.25, -0.2) is 14.8 Å². The van der Waals surface area contributed by atoms with Gasteiger partial charge in [0.05, 0.1) is 19.0 Å². The number of nitrogens with zero attached hydrogens (tertiary/aromatic N) is 4. The lowest BCUT2D eigenvalue weighted by molar-refractivity contribution is 0.221. The third-order valence-electron chi connectivity index (χ3n) is 4.94. The summed E-state index contributed by atoms with van der Waals surface area (Å²) in [6, 6.07) is 7.46. The number of rotatable bonds is 4. The molecule has 3 aromatic rings. The predicted octanol–water partition coefficient (Wildman–Crippen LogP) is 2.67. The van der Waals surface area contributed by atoms with E-state index in [0.717, 1.165) is 37.2 Å². The Balaban J connectivity index is 0.00000240. The molecule has 0 bridgehead atoms. The molecule has 0 radical (unpaired) electrons. The third kappa shape index (κ3) is 4.75. The van der Waals surface area contributed by atoms with E-state index in [1.165, 1.54) is 0 Å². The average molecular weight is 418 g/mol. The van der Waals surface area contributed by atoms with Crippen LogP contribution in [0.3, 0.4) is 0 Å². The number of piperidine rings is 1. The second-order valence-electron chi connectivity index (χ2n) is 6.93. The summed E-state index contributed by atoms with van der Waals surface area (Å²) < 4.78 is 5.19. The first kappa shape index (κ1) is 20.8. The highest BCUT2D eigenvalue weighted by Gasteiger charge is 2.19. The van der Waals surface area contributed by atoms with Crippen molar-refractivity contribution in [2.75, 3.05) is 32.6 Å². The molecule has 2 aromatic heterocycles. The van der Waals surface area contributed by atoms with Crippen molar-refractivity contribution in [3.05, 3.63) is 30.5 Å². The number of aromatic nitrogens is 4. The van der Waals surface area contributed by atoms with Crippen LogP contribution in [0.1, 0.15) is 12.8 Å². The number of hydrogen-bond acceptors (Lipinski definition) is 6. The van der Waals surface area contributed by atoms with Gasteiger partial charge in [0, 0.05) is 11.6 Å². The lowest BCUT2D eigenvalue weighted by atomic mass is 10.1. The maximum Gasteiger partial charge on any atom is 0.320 e. The predicted molar refractivity (Wildman–Crippen MR) is 114 cm³/mol. The molecule has 1 aliphatic heterocycles. The van der Waals surface area contributed by atoms with E-state index >= 15 is 0 Å². The first-order valence-electron chi connectivity index (χ1n) is 9.24. The van der Waals surface area contributed by atoms with Crippen LogP contribution in [0, 0.1) is 0 Å². The van der Waals surface area contributed by atoms with Crippen molar-refractivity contribution in [1.82, 2.24) is 30.4 Å². The number of fused-ring (bicyclic) bond motifs is 1. The maximum absolute atomic E-state index is 12.4. The van der Waals surface area contributed by atoms with E-state index in [2.05, 4.69) is 42.7 Å². The lowest BCUT2D eigenvalue weighted by Crippen LogP contribution is -2.44. The second kappa shape index (κ2) is 9.06. The number of amides is 2. The standard InChI is InChI=1S/C19H23N7O2.ClH/c1-26-9-7-13(8-10-26)21-19(27)23-18-16-17(24-25-18)20-11-15(22-16)12-3-5-14(28-2)6-4-12;/h3-6,11,13H,7-10H2,1-2H3,(H3,20,21,23,24,25,27);1H. The summed E-state index contributed by atoms with van der Waals surface area (Å²) in [5.74, 6) is 1.21. The smallest absolute Gasteiger partial charge is 0.320 e. The molecule has 9 nitrogen and oxygen atoms in total. The van der Waals surface area contributed by atoms with Gasteiger partial charge in [0.2, 0.25) is 5.65 Å². The first-order valence-corrected chi connectivity index (χ1v) is 9.24. The summed E-state index contributed by atoms with van der Waals surface area (Å²) in [7, 11) is 3.72. The van der Waals surface area contributed by atoms with Gasteiger partial charge in [-0.1, -0.05) is 0 Å². The molecule has 0 unspecified atom stereocenters. The molecule has 3 N–H and O–H groups in total. The monoisotopic (exact) mass is 417 g/mol. The summed E-state index contributed by atoms with van der Waals surface area (Å²) in [5.41, 5.74) is 2.56. The molecular formula is C19H24ClN7O2. The molecule has 1 saturated heterocycles. The van der Waals surface area contributed by atoms with Crippen molar-refractivity contribution >= 4 is 35.4 Å². The molecule has 0 spiro atoms. The van der Waals surface area contributed by atoms with Gasteiger partial charge in [0.1, 0.15) is 5.75 Å². The van der Waals surface area contributed by atoms with Crippen molar-refractivity contribution in [1.29, 1.82) is 0 Å². The molecule has 1 fully saturated rings. The molecule has 0 aliphatic carbocycles. The van der Waals surface area contributed by atoms with Crippen LogP contribution in [0.25, 0.3) is 22.4 Å². The summed E-state index contributed by atoms with van der Waals surface area (Å²) >= 11 is 0. The van der Waals surface area contributed by atoms with Crippen molar-refractivity contribution in [3.63, 3.8) is 0 Å². The van der Waals surface area contributed by atoms with Crippen LogP contribution in [0.15, 0.2) is 30.5 Å². The van der Waals surface area contributed by atoms with Crippen LogP contribution in [0.5, 0.6) is 5.75 Å². The van der Waals surface area contributed by atoms with Gasteiger partial charge in [0.25, 0.3) is 0 Å². The lowest BCUT2D eigenvalue weighted by Gasteiger charge is -2.29. The summed E-state index contributed by atoms with van der Waals surface area (Å²) in [5, 5.41) is 12.8. The van der Waals surface area contributed by atoms with Crippen LogP contribution in [-0.2, 0) is 0 Å². The van der Waals surface area contributed by atoms with Crippen LogP contribution < -0.4 is 15.4 Å². The molecule has 10 heteroatoms. The molecule has 154 valence electrons. The van der Waals surface area contributed by atoms with Gasteiger partial charge >= 0.3 is 6.03 Å². The molecule has 2 amide bonds. The fourth-order valence-electron chi connectivity index (χ4n) is 3.27. The van der Waals surface area contributed by atoms with E-state index in [0.29, 0.717) is 22.7 Å². The number of likely N-dealkylation sites (tertiary alicyclic amines) is 1. The molecule has 0 atom stereocenters. The second-order valence-corrected chi connectivity index (χ2v) is 6.93. The maximum atomic E-state index is 12.4. The van der Waals surface area contributed by atoms with Crippen molar-refractivity contribution < 1.29 is 9.53 Å². The number of hydrogen-bond donors (Lipinski definition) is 3. The normalized spacial score (nSPS) is 15.0. The van der Waals surface area contributed by atoms with Crippen molar-refractivity contribution in [2.45, 2.75) is 18.9 Å². The summed E-state index contributed by atoms with van der Waals surface area (Å²) in [4.78, 5) is 23.6. The highest BCUT2D eigenvalue weighted by molar-refractivity contribution is 5.96. The zero-order chi connectivity index (χ0) is 19.5. The number of anilines is 1. The number of aromatic amines is 1. The summed E-state index contributed by atoms with van der Waals surface area (Å²) in [6.45, 7) is 1.96. The molecular weight excluding hydrogens is 394 g/mol. The van der Waals surface area contributed by atoms with Crippen molar-refractivity contribution in [3.8, 4) is 17.0 Å². The Morgan fingerprint density at radius 1 is 1.24 bits per heavy atom. The summed E-state index contributed by atoms with van der Waals surface area (Å²) in [6.07, 6.45) is 3.54. The van der Waals surface area contributed by atoms with E-state index < -0.39 is 0 Å². The van der Waals surface area contributed by atoms with E-state index in [-0.39, 0.29) is 24.5 Å². The molecule has 29 heavy (non-hydrogen) atoms. The number of carbonyl (C=O) groups excluding carboxylic acids is 1. The highest BCUT2D eigenvalue weighted by Crippen LogP contribution is 2.24. The SMILES string of the molecule is COc1ccc(-c2cnc3n[nH]c(NC(=O)NC4CCN(C)CC4)c3n2)cc1.Cl. The van der Waals surface area contributed by atoms with Crippen molar-refractivity contribution in [2.24, 2.45) is 0 Å². The Hall–Kier alpha value is -2.91. The largest absolute Gasteiger partial charge is 0.497 e. The quantitative estimate of drug-likeness (QED) is 0.602. The van der Waals surface area contributed by atoms with E-state index in [9.17, 15) is 4.79 Å². The first-order chi connectivity index (χ1) is 13.6. The van der Waals surface area contributed by atoms with E-state index in [4.69, 9.17) is 4.74 Å². The van der Waals surface area contributed by atoms with Gasteiger partial charge < -0.3 is 15.0 Å². The Labute approximate surface area is 174 Å². The van der Waals surface area contributed by atoms with Gasteiger partial charge in [-0.15, -0.1) is 12.4 Å². The highest BCUT2D eigenvalue weighted by atomic mass is 35.5. The van der Waals surface area contributed by atoms with Gasteiger partial charge in [-0.3, -0.25) is 10.4 Å². The van der Waals surface area contributed by atoms with Gasteiger partial charge in [-0.05, 0) is 57.2 Å². The topological polar surface area (TPSA) is 108 Å². The molecule has 1 aromatic carbocycles. The molecule has 3 heterocycles. The van der Waals surface area contributed by atoms with Crippen LogP contribution >= 0.6 is 12.4 Å². The van der Waals surface area contributed by atoms with Gasteiger partial charge in [0.15, 0.2) is 11.3 Å². The average Bonchev–Trinajstić information content (AvgIpc) is 3.11. The fraction of sp³-hybridized carbons (Fsp3) is 0.368. The minimum Gasteiger partial charge on any atom is -0.497 e. The Morgan fingerprint density at radius 3 is 2.66 bits per heavy atom. The number of halogens is 1. The number of nitrogens with one attached hydrogen (secondary N) is 3. The Kier molecular flexibility index (Phi) is 6.50. The number of carbonyl (C=O) groups is 1.